The third kappa shape index (κ3) is 2.11. The topological polar surface area (TPSA) is 103 Å². The van der Waals surface area contributed by atoms with Crippen LogP contribution in [0.25, 0.3) is 22.3 Å². The molecule has 0 amide bonds. The third-order valence-electron chi connectivity index (χ3n) is 2.96. The van der Waals surface area contributed by atoms with Crippen LogP contribution in [-0.2, 0) is 6.42 Å². The van der Waals surface area contributed by atoms with Crippen LogP contribution in [0.15, 0.2) is 27.5 Å². The highest BCUT2D eigenvalue weighted by Gasteiger charge is 2.12. The van der Waals surface area contributed by atoms with Crippen LogP contribution in [0, 0.1) is 0 Å². The van der Waals surface area contributed by atoms with Crippen LogP contribution in [0.3, 0.4) is 0 Å². The van der Waals surface area contributed by atoms with Gasteiger partial charge >= 0.3 is 5.69 Å². The van der Waals surface area contributed by atoms with Crippen LogP contribution < -0.4 is 11.4 Å². The van der Waals surface area contributed by atoms with Gasteiger partial charge in [-0.15, -0.1) is 0 Å². The van der Waals surface area contributed by atoms with Gasteiger partial charge < -0.3 is 15.7 Å². The van der Waals surface area contributed by atoms with Crippen molar-refractivity contribution in [3.05, 3.63) is 38.9 Å². The summed E-state index contributed by atoms with van der Waals surface area (Å²) in [5, 5.41) is 7.26. The van der Waals surface area contributed by atoms with Gasteiger partial charge in [0.15, 0.2) is 0 Å². The Morgan fingerprint density at radius 1 is 1.26 bits per heavy atom. The minimum Gasteiger partial charge on any atom is -0.330 e. The molecule has 0 aliphatic carbocycles. The molecule has 1 aromatic carbocycles. The van der Waals surface area contributed by atoms with Crippen molar-refractivity contribution in [3.8, 4) is 11.3 Å². The van der Waals surface area contributed by atoms with Crippen molar-refractivity contribution >= 4 is 27.0 Å². The van der Waals surface area contributed by atoms with Crippen LogP contribution >= 0.6 is 15.9 Å². The Hall–Kier alpha value is -1.86. The van der Waals surface area contributed by atoms with Crippen molar-refractivity contribution in [1.82, 2.24) is 20.2 Å². The predicted octanol–water partition coefficient (Wildman–Crippen LogP) is 1.51. The van der Waals surface area contributed by atoms with Gasteiger partial charge in [-0.25, -0.2) is 4.79 Å². The SMILES string of the molecule is NCCc1[nH]nc(-c2ccc3[nH]c(=O)[nH]c3c2)c1Br. The summed E-state index contributed by atoms with van der Waals surface area (Å²) in [7, 11) is 0. The van der Waals surface area contributed by atoms with E-state index in [0.29, 0.717) is 6.54 Å². The Kier molecular flexibility index (Phi) is 3.00. The smallest absolute Gasteiger partial charge is 0.323 e. The molecule has 3 aromatic rings. The lowest BCUT2D eigenvalue weighted by Gasteiger charge is -1.99. The van der Waals surface area contributed by atoms with E-state index < -0.39 is 0 Å². The number of aromatic nitrogens is 4. The lowest BCUT2D eigenvalue weighted by atomic mass is 10.1. The van der Waals surface area contributed by atoms with Crippen LogP contribution in [0.2, 0.25) is 0 Å². The molecule has 6 nitrogen and oxygen atoms in total. The molecule has 19 heavy (non-hydrogen) atoms. The monoisotopic (exact) mass is 321 g/mol. The highest BCUT2D eigenvalue weighted by molar-refractivity contribution is 9.10. The number of nitrogens with zero attached hydrogens (tertiary/aromatic N) is 1. The van der Waals surface area contributed by atoms with Crippen molar-refractivity contribution in [2.75, 3.05) is 6.54 Å². The van der Waals surface area contributed by atoms with Gasteiger partial charge in [-0.2, -0.15) is 5.10 Å². The number of rotatable bonds is 3. The molecule has 0 radical (unpaired) electrons. The molecule has 2 aromatic heterocycles. The van der Waals surface area contributed by atoms with Gasteiger partial charge in [0.1, 0.15) is 5.69 Å². The highest BCUT2D eigenvalue weighted by atomic mass is 79.9. The van der Waals surface area contributed by atoms with E-state index in [1.165, 1.54) is 0 Å². The summed E-state index contributed by atoms with van der Waals surface area (Å²) in [5.74, 6) is 0. The van der Waals surface area contributed by atoms with Gasteiger partial charge in [0, 0.05) is 12.0 Å². The Morgan fingerprint density at radius 3 is 2.84 bits per heavy atom. The molecule has 98 valence electrons. The summed E-state index contributed by atoms with van der Waals surface area (Å²) in [5.41, 5.74) is 9.58. The Balaban J connectivity index is 2.10. The molecule has 0 bridgehead atoms. The Morgan fingerprint density at radius 2 is 2.05 bits per heavy atom. The maximum atomic E-state index is 11.2. The molecule has 0 unspecified atom stereocenters. The molecular weight excluding hydrogens is 310 g/mol. The third-order valence-corrected chi connectivity index (χ3v) is 3.81. The molecule has 5 N–H and O–H groups in total. The number of aromatic amines is 3. The van der Waals surface area contributed by atoms with E-state index in [0.717, 1.165) is 38.9 Å². The van der Waals surface area contributed by atoms with Crippen molar-refractivity contribution in [3.63, 3.8) is 0 Å². The average molecular weight is 322 g/mol. The second-order valence-corrected chi connectivity index (χ2v) is 5.04. The number of imidazole rings is 1. The molecule has 2 heterocycles. The second-order valence-electron chi connectivity index (χ2n) is 4.24. The van der Waals surface area contributed by atoms with Gasteiger partial charge in [0.05, 0.1) is 21.2 Å². The van der Waals surface area contributed by atoms with Gasteiger partial charge in [-0.3, -0.25) is 5.10 Å². The number of hydrogen-bond donors (Lipinski definition) is 4. The summed E-state index contributed by atoms with van der Waals surface area (Å²) < 4.78 is 0.912. The first kappa shape index (κ1) is 12.2. The molecule has 0 aliphatic heterocycles. The highest BCUT2D eigenvalue weighted by Crippen LogP contribution is 2.30. The second kappa shape index (κ2) is 4.67. The first-order valence-electron chi connectivity index (χ1n) is 5.84. The summed E-state index contributed by atoms with van der Waals surface area (Å²) in [6.45, 7) is 0.560. The van der Waals surface area contributed by atoms with Crippen molar-refractivity contribution < 1.29 is 0 Å². The summed E-state index contributed by atoms with van der Waals surface area (Å²) in [6, 6.07) is 5.66. The first-order valence-corrected chi connectivity index (χ1v) is 6.63. The zero-order valence-corrected chi connectivity index (χ0v) is 11.5. The van der Waals surface area contributed by atoms with Crippen LogP contribution in [0.4, 0.5) is 0 Å². The molecule has 0 fully saturated rings. The number of benzene rings is 1. The van der Waals surface area contributed by atoms with Gasteiger partial charge in [-0.05, 0) is 34.6 Å². The Bertz CT molecular complexity index is 785. The minimum atomic E-state index is -0.211. The zero-order chi connectivity index (χ0) is 13.4. The number of halogens is 1. The van der Waals surface area contributed by atoms with E-state index in [-0.39, 0.29) is 5.69 Å². The Labute approximate surface area is 116 Å². The lowest BCUT2D eigenvalue weighted by molar-refractivity contribution is 0.898. The summed E-state index contributed by atoms with van der Waals surface area (Å²) >= 11 is 3.53. The van der Waals surface area contributed by atoms with Crippen molar-refractivity contribution in [1.29, 1.82) is 0 Å². The van der Waals surface area contributed by atoms with Crippen LogP contribution in [0.1, 0.15) is 5.69 Å². The zero-order valence-electron chi connectivity index (χ0n) is 9.96. The number of fused-ring (bicyclic) bond motifs is 1. The van der Waals surface area contributed by atoms with E-state index >= 15 is 0 Å². The molecule has 3 rings (SSSR count). The maximum absolute atomic E-state index is 11.2. The number of H-pyrrole nitrogens is 3. The molecule has 0 saturated carbocycles. The van der Waals surface area contributed by atoms with Crippen molar-refractivity contribution in [2.24, 2.45) is 5.73 Å². The molecule has 0 spiro atoms. The van der Waals surface area contributed by atoms with Gasteiger partial charge in [-0.1, -0.05) is 6.07 Å². The lowest BCUT2D eigenvalue weighted by Crippen LogP contribution is -2.03. The van der Waals surface area contributed by atoms with E-state index in [1.54, 1.807) is 0 Å². The average Bonchev–Trinajstić information content (AvgIpc) is 2.92. The quantitative estimate of drug-likeness (QED) is 0.587. The largest absolute Gasteiger partial charge is 0.330 e. The van der Waals surface area contributed by atoms with Crippen LogP contribution in [0.5, 0.6) is 0 Å². The first-order chi connectivity index (χ1) is 9.19. The number of nitrogens with two attached hydrogens (primary N) is 1. The fraction of sp³-hybridized carbons (Fsp3) is 0.167. The van der Waals surface area contributed by atoms with Crippen molar-refractivity contribution in [2.45, 2.75) is 6.42 Å². The minimum absolute atomic E-state index is 0.211. The van der Waals surface area contributed by atoms with E-state index in [2.05, 4.69) is 36.1 Å². The van der Waals surface area contributed by atoms with E-state index in [9.17, 15) is 4.79 Å². The summed E-state index contributed by atoms with van der Waals surface area (Å²) in [4.78, 5) is 16.7. The van der Waals surface area contributed by atoms with Gasteiger partial charge in [0.25, 0.3) is 0 Å². The predicted molar refractivity (Wildman–Crippen MR) is 77.0 cm³/mol. The maximum Gasteiger partial charge on any atom is 0.323 e. The number of nitrogens with one attached hydrogen (secondary N) is 3. The number of hydrogen-bond acceptors (Lipinski definition) is 3. The van der Waals surface area contributed by atoms with E-state index in [1.807, 2.05) is 18.2 Å². The molecular formula is C12H12BrN5O. The molecule has 0 saturated heterocycles. The van der Waals surface area contributed by atoms with Gasteiger partial charge in [0.2, 0.25) is 0 Å². The normalized spacial score (nSPS) is 11.3. The molecule has 0 atom stereocenters. The van der Waals surface area contributed by atoms with E-state index in [4.69, 9.17) is 5.73 Å². The fourth-order valence-corrected chi connectivity index (χ4v) is 2.65. The summed E-state index contributed by atoms with van der Waals surface area (Å²) in [6.07, 6.45) is 0.733. The molecule has 0 aliphatic rings. The molecule has 7 heteroatoms. The van der Waals surface area contributed by atoms with Crippen LogP contribution in [-0.4, -0.2) is 26.7 Å². The fourth-order valence-electron chi connectivity index (χ4n) is 2.05. The standard InChI is InChI=1S/C12H12BrN5O/c13-10-8(3-4-14)17-18-11(10)6-1-2-7-9(5-6)16-12(19)15-7/h1-2,5H,3-4,14H2,(H,17,18)(H2,15,16,19).